The van der Waals surface area contributed by atoms with E-state index in [1.165, 1.54) is 24.3 Å². The highest BCUT2D eigenvalue weighted by molar-refractivity contribution is 7.68. The second kappa shape index (κ2) is 8.85. The topological polar surface area (TPSA) is 108 Å². The summed E-state index contributed by atoms with van der Waals surface area (Å²) in [4.78, 5) is 17.6. The molecular weight excluding hydrogens is 342 g/mol. The summed E-state index contributed by atoms with van der Waals surface area (Å²) in [7, 11) is -3.82. The van der Waals surface area contributed by atoms with Gasteiger partial charge in [0.15, 0.2) is 0 Å². The fraction of sp³-hybridized carbons (Fsp3) is 0.400. The average Bonchev–Trinajstić information content (AvgIpc) is 2.48. The minimum absolute atomic E-state index is 0.184. The normalized spacial score (nSPS) is 12.5. The van der Waals surface area contributed by atoms with Crippen LogP contribution in [0.4, 0.5) is 0 Å². The van der Waals surface area contributed by atoms with Gasteiger partial charge in [0.05, 0.1) is 39.0 Å². The van der Waals surface area contributed by atoms with E-state index in [-0.39, 0.29) is 10.6 Å². The van der Waals surface area contributed by atoms with Gasteiger partial charge in [-0.2, -0.15) is 0 Å². The van der Waals surface area contributed by atoms with E-state index in [9.17, 15) is 9.13 Å². The molecule has 0 fully saturated rings. The van der Waals surface area contributed by atoms with Gasteiger partial charge in [0, 0.05) is 0 Å². The van der Waals surface area contributed by atoms with Crippen molar-refractivity contribution in [3.8, 4) is 0 Å². The van der Waals surface area contributed by atoms with Gasteiger partial charge in [0.1, 0.15) is 0 Å². The van der Waals surface area contributed by atoms with E-state index in [0.29, 0.717) is 0 Å². The molecule has 0 unspecified atom stereocenters. The van der Waals surface area contributed by atoms with E-state index in [0.717, 1.165) is 28.4 Å². The fourth-order valence-electron chi connectivity index (χ4n) is 1.51. The molecule has 22 heavy (non-hydrogen) atoms. The van der Waals surface area contributed by atoms with Crippen molar-refractivity contribution in [2.45, 2.75) is 0 Å². The zero-order valence-corrected chi connectivity index (χ0v) is 14.1. The van der Waals surface area contributed by atoms with Crippen LogP contribution in [0.25, 0.3) is 0 Å². The van der Waals surface area contributed by atoms with Gasteiger partial charge < -0.3 is 0 Å². The predicted molar refractivity (Wildman–Crippen MR) is 73.3 cm³/mol. The van der Waals surface area contributed by atoms with E-state index in [1.54, 1.807) is 0 Å². The summed E-state index contributed by atoms with van der Waals surface area (Å²) in [5.74, 6) is 0. The highest BCUT2D eigenvalue weighted by Gasteiger charge is 2.42. The quantitative estimate of drug-likeness (QED) is 0.348. The van der Waals surface area contributed by atoms with Gasteiger partial charge in [-0.3, -0.25) is 0 Å². The van der Waals surface area contributed by atoms with Crippen LogP contribution in [-0.2, 0) is 47.4 Å². The highest BCUT2D eigenvalue weighted by atomic mass is 31.2. The van der Waals surface area contributed by atoms with E-state index in [4.69, 9.17) is 0 Å². The Morgan fingerprint density at radius 1 is 0.636 bits per heavy atom. The van der Waals surface area contributed by atoms with Gasteiger partial charge in [0.25, 0.3) is 0 Å². The monoisotopic (exact) mass is 358 g/mol. The molecule has 10 nitrogen and oxygen atoms in total. The third-order valence-electron chi connectivity index (χ3n) is 2.16. The summed E-state index contributed by atoms with van der Waals surface area (Å²) in [5, 5.41) is -0.368. The van der Waals surface area contributed by atoms with E-state index < -0.39 is 15.2 Å². The Bertz CT molecular complexity index is 493. The second-order valence-electron chi connectivity index (χ2n) is 3.45. The molecule has 126 valence electrons. The van der Waals surface area contributed by atoms with Gasteiger partial charge in [-0.25, -0.2) is 28.7 Å². The molecule has 0 amide bonds. The first-order valence-corrected chi connectivity index (χ1v) is 8.75. The molecule has 0 aliphatic carbocycles. The van der Waals surface area contributed by atoms with Gasteiger partial charge in [-0.15, -0.1) is 18.7 Å². The lowest BCUT2D eigenvalue weighted by Crippen LogP contribution is -2.28. The van der Waals surface area contributed by atoms with Crippen molar-refractivity contribution in [1.29, 1.82) is 0 Å². The smallest absolute Gasteiger partial charge is 0.250 e. The van der Waals surface area contributed by atoms with Crippen molar-refractivity contribution >= 4 is 25.8 Å². The van der Waals surface area contributed by atoms with Crippen molar-refractivity contribution in [3.05, 3.63) is 24.3 Å². The van der Waals surface area contributed by atoms with Crippen molar-refractivity contribution in [2.75, 3.05) is 28.4 Å². The summed E-state index contributed by atoms with van der Waals surface area (Å²) in [6.45, 7) is 0. The van der Waals surface area contributed by atoms with Gasteiger partial charge in [0.2, 0.25) is 0 Å². The average molecular weight is 358 g/mol. The van der Waals surface area contributed by atoms with E-state index in [2.05, 4.69) is 38.2 Å². The number of hydrogen-bond acceptors (Lipinski definition) is 10. The Kier molecular flexibility index (Phi) is 7.81. The number of benzene rings is 1. The van der Waals surface area contributed by atoms with Crippen LogP contribution in [0.5, 0.6) is 0 Å². The molecule has 1 aromatic rings. The lowest BCUT2D eigenvalue weighted by Gasteiger charge is -2.20. The zero-order chi connectivity index (χ0) is 16.6. The molecule has 0 saturated heterocycles. The Balaban J connectivity index is 3.44. The summed E-state index contributed by atoms with van der Waals surface area (Å²) >= 11 is 0. The number of rotatable bonds is 10. The van der Waals surface area contributed by atoms with Crippen LogP contribution in [0.1, 0.15) is 0 Å². The molecule has 12 heteroatoms. The number of hydrogen-bond donors (Lipinski definition) is 0. The van der Waals surface area contributed by atoms with Crippen LogP contribution in [0, 0.1) is 0 Å². The van der Waals surface area contributed by atoms with E-state index in [1.807, 2.05) is 0 Å². The third-order valence-corrected chi connectivity index (χ3v) is 5.68. The highest BCUT2D eigenvalue weighted by Crippen LogP contribution is 2.53. The zero-order valence-electron chi connectivity index (χ0n) is 12.3. The van der Waals surface area contributed by atoms with Gasteiger partial charge >= 0.3 is 15.2 Å². The first kappa shape index (κ1) is 19.4. The lowest BCUT2D eigenvalue weighted by atomic mass is 10.4. The molecule has 0 N–H and O–H groups in total. The second-order valence-corrected chi connectivity index (χ2v) is 7.00. The Morgan fingerprint density at radius 3 is 1.14 bits per heavy atom. The Labute approximate surface area is 126 Å². The Morgan fingerprint density at radius 2 is 0.909 bits per heavy atom. The maximum atomic E-state index is 12.7. The third kappa shape index (κ3) is 4.43. The molecule has 0 atom stereocenters. The molecule has 1 aromatic carbocycles. The molecule has 0 aliphatic rings. The molecule has 0 spiro atoms. The molecule has 0 aromatic heterocycles. The first-order chi connectivity index (χ1) is 10.5. The maximum Gasteiger partial charge on any atom is 0.415 e. The van der Waals surface area contributed by atoms with Crippen molar-refractivity contribution < 1.29 is 47.4 Å². The van der Waals surface area contributed by atoms with Crippen LogP contribution in [0.15, 0.2) is 24.3 Å². The fourth-order valence-corrected chi connectivity index (χ4v) is 4.64. The van der Waals surface area contributed by atoms with Crippen LogP contribution in [0.3, 0.4) is 0 Å². The summed E-state index contributed by atoms with van der Waals surface area (Å²) in [5.41, 5.74) is 0. The minimum atomic E-state index is -4.14. The standard InChI is InChI=1S/C10H16O10P2/c1-13-17-21(11,18-14-2)9-7-5-6-8-10(9)22(12,19-15-3)20-16-4/h5-8H,1-4H3. The van der Waals surface area contributed by atoms with Crippen molar-refractivity contribution in [2.24, 2.45) is 0 Å². The lowest BCUT2D eigenvalue weighted by molar-refractivity contribution is -0.240. The van der Waals surface area contributed by atoms with E-state index >= 15 is 0 Å². The predicted octanol–water partition coefficient (Wildman–Crippen LogP) is 1.64. The Hall–Kier alpha value is -0.640. The van der Waals surface area contributed by atoms with Crippen molar-refractivity contribution in [1.82, 2.24) is 0 Å². The summed E-state index contributed by atoms with van der Waals surface area (Å²) in [6.07, 6.45) is 0. The SMILES string of the molecule is COOP(=O)(OOC)c1ccccc1P(=O)(OOC)OOC. The van der Waals surface area contributed by atoms with Gasteiger partial charge in [-0.1, -0.05) is 12.1 Å². The van der Waals surface area contributed by atoms with Crippen LogP contribution in [0.2, 0.25) is 0 Å². The first-order valence-electron chi connectivity index (χ1n) is 5.67. The molecular formula is C10H16O10P2. The van der Waals surface area contributed by atoms with Crippen LogP contribution >= 0.6 is 15.2 Å². The maximum absolute atomic E-state index is 12.7. The molecule has 1 rings (SSSR count). The van der Waals surface area contributed by atoms with Crippen LogP contribution < -0.4 is 10.6 Å². The molecule has 0 bridgehead atoms. The van der Waals surface area contributed by atoms with Crippen LogP contribution in [-0.4, -0.2) is 28.4 Å². The molecule has 0 radical (unpaired) electrons. The van der Waals surface area contributed by atoms with Gasteiger partial charge in [-0.05, 0) is 12.1 Å². The molecule has 0 heterocycles. The largest absolute Gasteiger partial charge is 0.415 e. The van der Waals surface area contributed by atoms with Crippen molar-refractivity contribution in [3.63, 3.8) is 0 Å². The molecule has 0 aliphatic heterocycles. The summed E-state index contributed by atoms with van der Waals surface area (Å²) < 4.78 is 43.9. The minimum Gasteiger partial charge on any atom is -0.250 e. The molecule has 0 saturated carbocycles. The summed E-state index contributed by atoms with van der Waals surface area (Å²) in [6, 6.07) is 5.60.